The van der Waals surface area contributed by atoms with Crippen LogP contribution < -0.4 is 30.2 Å². The first-order valence-electron chi connectivity index (χ1n) is 9.79. The quantitative estimate of drug-likeness (QED) is 0.309. The summed E-state index contributed by atoms with van der Waals surface area (Å²) in [4.78, 5) is 12.5. The highest BCUT2D eigenvalue weighted by atomic mass is 32.1. The number of para-hydroxylation sites is 1. The lowest BCUT2D eigenvalue weighted by Crippen LogP contribution is -2.51. The van der Waals surface area contributed by atoms with Gasteiger partial charge in [0.15, 0.2) is 16.6 Å². The molecule has 1 atom stereocenters. The topological polar surface area (TPSA) is 80.9 Å². The average molecular weight is 444 g/mol. The molecule has 0 aromatic heterocycles. The van der Waals surface area contributed by atoms with E-state index in [0.717, 1.165) is 11.3 Å². The summed E-state index contributed by atoms with van der Waals surface area (Å²) in [5.41, 5.74) is 1.61. The number of amides is 1. The number of rotatable bonds is 9. The molecule has 0 bridgehead atoms. The SMILES string of the molecule is COc1cc(C=CC(=O)NC(NC(=S)Nc2ccccc2)C(C)C)cc(OC)c1OC. The van der Waals surface area contributed by atoms with E-state index in [1.165, 1.54) is 6.08 Å². The second-order valence-electron chi connectivity index (χ2n) is 6.99. The van der Waals surface area contributed by atoms with Crippen LogP contribution in [0.4, 0.5) is 5.69 Å². The van der Waals surface area contributed by atoms with Crippen molar-refractivity contribution in [2.45, 2.75) is 20.0 Å². The van der Waals surface area contributed by atoms with E-state index >= 15 is 0 Å². The molecule has 2 rings (SSSR count). The standard InChI is InChI=1S/C23H29N3O4S/c1-15(2)22(26-23(31)24-17-9-7-6-8-10-17)25-20(27)12-11-16-13-18(28-3)21(30-5)19(14-16)29-4/h6-15,22H,1-5H3,(H,25,27)(H2,24,26,31). The van der Waals surface area contributed by atoms with Gasteiger partial charge in [0, 0.05) is 11.8 Å². The highest BCUT2D eigenvalue weighted by Gasteiger charge is 2.16. The van der Waals surface area contributed by atoms with Gasteiger partial charge in [-0.25, -0.2) is 0 Å². The average Bonchev–Trinajstić information content (AvgIpc) is 2.76. The molecule has 8 heteroatoms. The van der Waals surface area contributed by atoms with E-state index in [0.29, 0.717) is 22.4 Å². The number of anilines is 1. The van der Waals surface area contributed by atoms with E-state index in [9.17, 15) is 4.79 Å². The van der Waals surface area contributed by atoms with Crippen LogP contribution in [0.25, 0.3) is 6.08 Å². The van der Waals surface area contributed by atoms with Crippen molar-refractivity contribution in [1.29, 1.82) is 0 Å². The van der Waals surface area contributed by atoms with Crippen LogP contribution in [0.15, 0.2) is 48.5 Å². The largest absolute Gasteiger partial charge is 0.493 e. The van der Waals surface area contributed by atoms with Crippen molar-refractivity contribution >= 4 is 35.0 Å². The molecule has 2 aromatic rings. The number of nitrogens with one attached hydrogen (secondary N) is 3. The fourth-order valence-electron chi connectivity index (χ4n) is 2.77. The predicted octanol–water partition coefficient (Wildman–Crippen LogP) is 3.81. The molecule has 2 aromatic carbocycles. The third kappa shape index (κ3) is 7.18. The Kier molecular flexibility index (Phi) is 9.14. The van der Waals surface area contributed by atoms with E-state index in [1.54, 1.807) is 39.5 Å². The Hall–Kier alpha value is -3.26. The number of methoxy groups -OCH3 is 3. The summed E-state index contributed by atoms with van der Waals surface area (Å²) in [6.45, 7) is 3.98. The van der Waals surface area contributed by atoms with Crippen molar-refractivity contribution in [3.05, 3.63) is 54.1 Å². The van der Waals surface area contributed by atoms with E-state index in [2.05, 4.69) is 16.0 Å². The Bertz CT molecular complexity index is 891. The fourth-order valence-corrected chi connectivity index (χ4v) is 3.02. The van der Waals surface area contributed by atoms with Gasteiger partial charge in [-0.1, -0.05) is 32.0 Å². The van der Waals surface area contributed by atoms with Crippen molar-refractivity contribution < 1.29 is 19.0 Å². The Morgan fingerprint density at radius 2 is 1.58 bits per heavy atom. The third-order valence-corrected chi connectivity index (χ3v) is 4.62. The zero-order chi connectivity index (χ0) is 22.8. The van der Waals surface area contributed by atoms with Crippen molar-refractivity contribution in [2.75, 3.05) is 26.6 Å². The molecular formula is C23H29N3O4S. The number of benzene rings is 2. The molecule has 3 N–H and O–H groups in total. The predicted molar refractivity (Wildman–Crippen MR) is 128 cm³/mol. The summed E-state index contributed by atoms with van der Waals surface area (Å²) in [6, 6.07) is 13.1. The molecule has 1 amide bonds. The molecule has 0 aliphatic heterocycles. The molecule has 0 aliphatic carbocycles. The molecule has 0 aliphatic rings. The van der Waals surface area contributed by atoms with Crippen LogP contribution in [0.2, 0.25) is 0 Å². The van der Waals surface area contributed by atoms with Crippen LogP contribution in [0.1, 0.15) is 19.4 Å². The molecule has 0 saturated carbocycles. The third-order valence-electron chi connectivity index (χ3n) is 4.40. The van der Waals surface area contributed by atoms with Gasteiger partial charge in [0.25, 0.3) is 0 Å². The number of carbonyl (C=O) groups is 1. The molecule has 0 saturated heterocycles. The fraction of sp³-hybridized carbons (Fsp3) is 0.304. The van der Waals surface area contributed by atoms with Gasteiger partial charge in [0.2, 0.25) is 11.7 Å². The first-order chi connectivity index (χ1) is 14.9. The Morgan fingerprint density at radius 3 is 2.10 bits per heavy atom. The van der Waals surface area contributed by atoms with Crippen LogP contribution in [0.5, 0.6) is 17.2 Å². The number of hydrogen-bond acceptors (Lipinski definition) is 5. The van der Waals surface area contributed by atoms with Crippen molar-refractivity contribution in [1.82, 2.24) is 10.6 Å². The Balaban J connectivity index is 2.04. The molecule has 0 radical (unpaired) electrons. The summed E-state index contributed by atoms with van der Waals surface area (Å²) >= 11 is 5.37. The lowest BCUT2D eigenvalue weighted by atomic mass is 10.1. The van der Waals surface area contributed by atoms with Gasteiger partial charge >= 0.3 is 0 Å². The van der Waals surface area contributed by atoms with Crippen LogP contribution in [0.3, 0.4) is 0 Å². The minimum atomic E-state index is -0.346. The highest BCUT2D eigenvalue weighted by Crippen LogP contribution is 2.38. The molecule has 1 unspecified atom stereocenters. The van der Waals surface area contributed by atoms with Crippen LogP contribution in [0, 0.1) is 5.92 Å². The van der Waals surface area contributed by atoms with E-state index < -0.39 is 0 Å². The molecule has 0 spiro atoms. The number of ether oxygens (including phenoxy) is 3. The molecule has 7 nitrogen and oxygen atoms in total. The lowest BCUT2D eigenvalue weighted by Gasteiger charge is -2.24. The van der Waals surface area contributed by atoms with Crippen molar-refractivity contribution in [2.24, 2.45) is 5.92 Å². The summed E-state index contributed by atoms with van der Waals surface area (Å²) in [6.07, 6.45) is 2.78. The van der Waals surface area contributed by atoms with Gasteiger partial charge in [0.05, 0.1) is 21.3 Å². The van der Waals surface area contributed by atoms with Gasteiger partial charge in [-0.05, 0) is 54.0 Å². The second kappa shape index (κ2) is 11.8. The van der Waals surface area contributed by atoms with Gasteiger partial charge in [-0.15, -0.1) is 0 Å². The summed E-state index contributed by atoms with van der Waals surface area (Å²) in [5.74, 6) is 1.37. The summed E-state index contributed by atoms with van der Waals surface area (Å²) < 4.78 is 16.0. The van der Waals surface area contributed by atoms with Crippen LogP contribution in [-0.2, 0) is 4.79 Å². The maximum atomic E-state index is 12.5. The van der Waals surface area contributed by atoms with E-state index in [-0.39, 0.29) is 18.0 Å². The van der Waals surface area contributed by atoms with E-state index in [4.69, 9.17) is 26.4 Å². The van der Waals surface area contributed by atoms with Gasteiger partial charge in [-0.3, -0.25) is 4.79 Å². The number of carbonyl (C=O) groups excluding carboxylic acids is 1. The maximum Gasteiger partial charge on any atom is 0.245 e. The monoisotopic (exact) mass is 443 g/mol. The molecule has 31 heavy (non-hydrogen) atoms. The number of thiocarbonyl (C=S) groups is 1. The maximum absolute atomic E-state index is 12.5. The van der Waals surface area contributed by atoms with Crippen molar-refractivity contribution in [3.8, 4) is 17.2 Å². The minimum absolute atomic E-state index is 0.106. The normalized spacial score (nSPS) is 11.7. The first-order valence-corrected chi connectivity index (χ1v) is 10.2. The molecule has 166 valence electrons. The van der Waals surface area contributed by atoms with Gasteiger partial charge in [-0.2, -0.15) is 0 Å². The van der Waals surface area contributed by atoms with Crippen LogP contribution in [-0.4, -0.2) is 38.5 Å². The van der Waals surface area contributed by atoms with Crippen LogP contribution >= 0.6 is 12.2 Å². The number of hydrogen-bond donors (Lipinski definition) is 3. The zero-order valence-electron chi connectivity index (χ0n) is 18.4. The first kappa shape index (κ1) is 24.0. The highest BCUT2D eigenvalue weighted by molar-refractivity contribution is 7.80. The summed E-state index contributed by atoms with van der Waals surface area (Å²) in [7, 11) is 4.63. The molecule has 0 fully saturated rings. The minimum Gasteiger partial charge on any atom is -0.493 e. The Morgan fingerprint density at radius 1 is 0.968 bits per heavy atom. The molecule has 0 heterocycles. The summed E-state index contributed by atoms with van der Waals surface area (Å²) in [5, 5.41) is 9.61. The zero-order valence-corrected chi connectivity index (χ0v) is 19.2. The van der Waals surface area contributed by atoms with Gasteiger partial charge in [0.1, 0.15) is 6.17 Å². The smallest absolute Gasteiger partial charge is 0.245 e. The Labute approximate surface area is 188 Å². The van der Waals surface area contributed by atoms with E-state index in [1.807, 2.05) is 44.2 Å². The molecular weight excluding hydrogens is 414 g/mol. The lowest BCUT2D eigenvalue weighted by molar-refractivity contribution is -0.117. The van der Waals surface area contributed by atoms with Gasteiger partial charge < -0.3 is 30.2 Å². The van der Waals surface area contributed by atoms with Crippen molar-refractivity contribution in [3.63, 3.8) is 0 Å². The second-order valence-corrected chi connectivity index (χ2v) is 7.40.